The Morgan fingerprint density at radius 1 is 1.06 bits per heavy atom. The third-order valence-electron chi connectivity index (χ3n) is 5.93. The summed E-state index contributed by atoms with van der Waals surface area (Å²) in [6, 6.07) is 15.8. The maximum Gasteiger partial charge on any atom is 0.229 e. The van der Waals surface area contributed by atoms with Crippen molar-refractivity contribution in [1.29, 1.82) is 0 Å². The van der Waals surface area contributed by atoms with Gasteiger partial charge in [-0.25, -0.2) is 9.97 Å². The zero-order valence-electron chi connectivity index (χ0n) is 18.2. The lowest BCUT2D eigenvalue weighted by Crippen LogP contribution is -2.18. The quantitative estimate of drug-likeness (QED) is 0.563. The van der Waals surface area contributed by atoms with Gasteiger partial charge in [-0.05, 0) is 49.1 Å². The molecule has 1 N–H and O–H groups in total. The highest BCUT2D eigenvalue weighted by Crippen LogP contribution is 2.30. The van der Waals surface area contributed by atoms with E-state index in [4.69, 9.17) is 9.72 Å². The van der Waals surface area contributed by atoms with Crippen molar-refractivity contribution in [2.75, 3.05) is 12.4 Å². The highest BCUT2D eigenvalue weighted by Gasteiger charge is 2.20. The minimum Gasteiger partial charge on any atom is -0.497 e. The Labute approximate surface area is 183 Å². The molecule has 160 valence electrons. The number of anilines is 1. The molecule has 5 nitrogen and oxygen atoms in total. The first-order valence-corrected chi connectivity index (χ1v) is 11.0. The summed E-state index contributed by atoms with van der Waals surface area (Å²) in [5.74, 6) is 1.93. The van der Waals surface area contributed by atoms with Crippen molar-refractivity contribution < 1.29 is 9.53 Å². The van der Waals surface area contributed by atoms with Crippen molar-refractivity contribution in [3.8, 4) is 17.0 Å². The number of methoxy groups -OCH3 is 1. The molecule has 3 aromatic rings. The fourth-order valence-electron chi connectivity index (χ4n) is 4.13. The van der Waals surface area contributed by atoms with Crippen molar-refractivity contribution in [3.05, 3.63) is 71.5 Å². The van der Waals surface area contributed by atoms with Gasteiger partial charge in [-0.3, -0.25) is 4.79 Å². The number of nitrogens with one attached hydrogen (secondary N) is 1. The van der Waals surface area contributed by atoms with Crippen LogP contribution >= 0.6 is 0 Å². The van der Waals surface area contributed by atoms with Gasteiger partial charge in [0, 0.05) is 5.56 Å². The number of carbonyl (C=O) groups excluding carboxylic acids is 1. The standard InChI is InChI=1S/C26H29N3O2/c1-18-7-9-20(10-8-18)16-25(30)29-26-23(15-19-5-3-4-6-19)28-24(17-27-26)21-11-13-22(31-2)14-12-21/h7-14,17,19H,3-6,15-16H2,1-2H3,(H,27,29,30). The highest BCUT2D eigenvalue weighted by atomic mass is 16.5. The van der Waals surface area contributed by atoms with Crippen LogP contribution in [0.2, 0.25) is 0 Å². The zero-order chi connectivity index (χ0) is 21.6. The van der Waals surface area contributed by atoms with Crippen LogP contribution in [-0.2, 0) is 17.6 Å². The van der Waals surface area contributed by atoms with Crippen molar-refractivity contribution >= 4 is 11.7 Å². The molecular formula is C26H29N3O2. The molecule has 1 saturated carbocycles. The molecule has 1 aromatic heterocycles. The van der Waals surface area contributed by atoms with Gasteiger partial charge in [0.15, 0.2) is 5.82 Å². The summed E-state index contributed by atoms with van der Waals surface area (Å²) in [5.41, 5.74) is 4.84. The molecule has 1 fully saturated rings. The number of aryl methyl sites for hydroxylation is 1. The molecule has 1 aliphatic carbocycles. The minimum absolute atomic E-state index is 0.0666. The molecule has 2 aromatic carbocycles. The van der Waals surface area contributed by atoms with Gasteiger partial charge >= 0.3 is 0 Å². The molecule has 0 saturated heterocycles. The van der Waals surface area contributed by atoms with Crippen LogP contribution in [0.25, 0.3) is 11.3 Å². The van der Waals surface area contributed by atoms with Crippen molar-refractivity contribution in [2.45, 2.75) is 45.4 Å². The first-order chi connectivity index (χ1) is 15.1. The van der Waals surface area contributed by atoms with E-state index in [9.17, 15) is 4.79 Å². The van der Waals surface area contributed by atoms with Crippen LogP contribution in [0.15, 0.2) is 54.7 Å². The van der Waals surface area contributed by atoms with Gasteiger partial charge in [-0.2, -0.15) is 0 Å². The number of ether oxygens (including phenoxy) is 1. The predicted molar refractivity (Wildman–Crippen MR) is 123 cm³/mol. The van der Waals surface area contributed by atoms with Crippen LogP contribution in [-0.4, -0.2) is 23.0 Å². The van der Waals surface area contributed by atoms with Crippen LogP contribution in [0, 0.1) is 12.8 Å². The Balaban J connectivity index is 1.55. The molecule has 0 radical (unpaired) electrons. The molecule has 4 rings (SSSR count). The molecule has 1 heterocycles. The van der Waals surface area contributed by atoms with E-state index in [1.54, 1.807) is 13.3 Å². The van der Waals surface area contributed by atoms with Gasteiger partial charge in [-0.1, -0.05) is 55.5 Å². The normalized spacial score (nSPS) is 13.9. The maximum absolute atomic E-state index is 12.7. The fourth-order valence-corrected chi connectivity index (χ4v) is 4.13. The Bertz CT molecular complexity index is 1020. The smallest absolute Gasteiger partial charge is 0.229 e. The average molecular weight is 416 g/mol. The zero-order valence-corrected chi connectivity index (χ0v) is 18.2. The molecule has 1 amide bonds. The third-order valence-corrected chi connectivity index (χ3v) is 5.93. The number of rotatable bonds is 7. The van der Waals surface area contributed by atoms with E-state index in [1.807, 2.05) is 55.5 Å². The monoisotopic (exact) mass is 415 g/mol. The average Bonchev–Trinajstić information content (AvgIpc) is 3.30. The molecule has 0 bridgehead atoms. The predicted octanol–water partition coefficient (Wildman–Crippen LogP) is 5.37. The van der Waals surface area contributed by atoms with Gasteiger partial charge in [0.1, 0.15) is 5.75 Å². The van der Waals surface area contributed by atoms with Crippen LogP contribution in [0.3, 0.4) is 0 Å². The maximum atomic E-state index is 12.7. The number of hydrogen-bond donors (Lipinski definition) is 1. The number of hydrogen-bond acceptors (Lipinski definition) is 4. The van der Waals surface area contributed by atoms with Gasteiger partial charge in [0.2, 0.25) is 5.91 Å². The van der Waals surface area contributed by atoms with Crippen molar-refractivity contribution in [3.63, 3.8) is 0 Å². The summed E-state index contributed by atoms with van der Waals surface area (Å²) in [4.78, 5) is 22.2. The second kappa shape index (κ2) is 9.73. The molecule has 0 spiro atoms. The first kappa shape index (κ1) is 21.0. The van der Waals surface area contributed by atoms with Gasteiger partial charge < -0.3 is 10.1 Å². The lowest BCUT2D eigenvalue weighted by Gasteiger charge is -2.14. The van der Waals surface area contributed by atoms with E-state index < -0.39 is 0 Å². The second-order valence-electron chi connectivity index (χ2n) is 8.34. The molecule has 0 unspecified atom stereocenters. The Hall–Kier alpha value is -3.21. The summed E-state index contributed by atoms with van der Waals surface area (Å²) in [6.45, 7) is 2.04. The van der Waals surface area contributed by atoms with Gasteiger partial charge in [-0.15, -0.1) is 0 Å². The van der Waals surface area contributed by atoms with E-state index in [2.05, 4.69) is 10.3 Å². The van der Waals surface area contributed by atoms with Crippen LogP contribution in [0.1, 0.15) is 42.5 Å². The van der Waals surface area contributed by atoms with Gasteiger partial charge in [0.25, 0.3) is 0 Å². The van der Waals surface area contributed by atoms with E-state index >= 15 is 0 Å². The Kier molecular flexibility index (Phi) is 6.60. The van der Waals surface area contributed by atoms with Crippen molar-refractivity contribution in [2.24, 2.45) is 5.92 Å². The van der Waals surface area contributed by atoms with Crippen LogP contribution in [0.5, 0.6) is 5.75 Å². The largest absolute Gasteiger partial charge is 0.497 e. The number of aromatic nitrogens is 2. The molecule has 0 aliphatic heterocycles. The molecule has 5 heteroatoms. The Morgan fingerprint density at radius 3 is 2.45 bits per heavy atom. The van der Waals surface area contributed by atoms with E-state index in [0.717, 1.165) is 34.7 Å². The molecule has 31 heavy (non-hydrogen) atoms. The SMILES string of the molecule is COc1ccc(-c2cnc(NC(=O)Cc3ccc(C)cc3)c(CC3CCCC3)n2)cc1. The van der Waals surface area contributed by atoms with E-state index in [1.165, 1.54) is 31.2 Å². The fraction of sp³-hybridized carbons (Fsp3) is 0.346. The number of benzene rings is 2. The summed E-state index contributed by atoms with van der Waals surface area (Å²) < 4.78 is 5.25. The van der Waals surface area contributed by atoms with E-state index in [-0.39, 0.29) is 5.91 Å². The van der Waals surface area contributed by atoms with E-state index in [0.29, 0.717) is 18.2 Å². The minimum atomic E-state index is -0.0666. The second-order valence-corrected chi connectivity index (χ2v) is 8.34. The lowest BCUT2D eigenvalue weighted by molar-refractivity contribution is -0.115. The summed E-state index contributed by atoms with van der Waals surface area (Å²) >= 11 is 0. The Morgan fingerprint density at radius 2 is 1.77 bits per heavy atom. The third kappa shape index (κ3) is 5.48. The molecule has 1 aliphatic rings. The number of carbonyl (C=O) groups is 1. The lowest BCUT2D eigenvalue weighted by atomic mass is 10.0. The number of nitrogens with zero attached hydrogens (tertiary/aromatic N) is 2. The summed E-state index contributed by atoms with van der Waals surface area (Å²) in [6.07, 6.45) is 7.87. The molecule has 0 atom stereocenters. The van der Waals surface area contributed by atoms with Gasteiger partial charge in [0.05, 0.1) is 31.1 Å². The summed E-state index contributed by atoms with van der Waals surface area (Å²) in [7, 11) is 1.66. The number of amides is 1. The van der Waals surface area contributed by atoms with Crippen LogP contribution in [0.4, 0.5) is 5.82 Å². The first-order valence-electron chi connectivity index (χ1n) is 11.0. The van der Waals surface area contributed by atoms with Crippen LogP contribution < -0.4 is 10.1 Å². The topological polar surface area (TPSA) is 64.1 Å². The molecular weight excluding hydrogens is 386 g/mol. The van der Waals surface area contributed by atoms with Crippen molar-refractivity contribution in [1.82, 2.24) is 9.97 Å². The highest BCUT2D eigenvalue weighted by molar-refractivity contribution is 5.92. The summed E-state index contributed by atoms with van der Waals surface area (Å²) in [5, 5.41) is 3.01.